The van der Waals surface area contributed by atoms with Crippen LogP contribution in [0.2, 0.25) is 0 Å². The molecule has 0 unspecified atom stereocenters. The van der Waals surface area contributed by atoms with E-state index in [1.807, 2.05) is 0 Å². The number of phenolic OH excluding ortho intramolecular Hbond substituents is 1. The first-order chi connectivity index (χ1) is 14.5. The summed E-state index contributed by atoms with van der Waals surface area (Å²) in [6.45, 7) is 0. The smallest absolute Gasteiger partial charge is 0.341 e. The van der Waals surface area contributed by atoms with E-state index in [-0.39, 0.29) is 21.1 Å². The maximum Gasteiger partial charge on any atom is 0.341 e. The fraction of sp³-hybridized carbons (Fsp3) is 0.136. The molecular weight excluding hydrogens is 440 g/mol. The lowest BCUT2D eigenvalue weighted by molar-refractivity contribution is 0.0597. The maximum atomic E-state index is 12.9. The van der Waals surface area contributed by atoms with Crippen molar-refractivity contribution in [3.05, 3.63) is 77.9 Å². The third-order valence-electron chi connectivity index (χ3n) is 4.61. The molecule has 0 aliphatic rings. The Balaban J connectivity index is 1.93. The number of esters is 1. The number of benzene rings is 3. The number of carbonyl (C=O) groups is 1. The summed E-state index contributed by atoms with van der Waals surface area (Å²) in [5, 5.41) is 10.0. The molecule has 0 amide bonds. The van der Waals surface area contributed by atoms with Crippen LogP contribution in [0.5, 0.6) is 5.75 Å². The first-order valence-electron chi connectivity index (χ1n) is 9.05. The van der Waals surface area contributed by atoms with Gasteiger partial charge in [0.05, 0.1) is 22.7 Å². The van der Waals surface area contributed by atoms with Gasteiger partial charge in [-0.05, 0) is 53.1 Å². The molecule has 1 N–H and O–H groups in total. The Morgan fingerprint density at radius 3 is 2.00 bits per heavy atom. The van der Waals surface area contributed by atoms with Crippen molar-refractivity contribution in [1.82, 2.24) is 0 Å². The van der Waals surface area contributed by atoms with Crippen molar-refractivity contribution in [3.8, 4) is 16.9 Å². The van der Waals surface area contributed by atoms with Crippen molar-refractivity contribution >= 4 is 25.6 Å². The zero-order valence-corrected chi connectivity index (χ0v) is 18.4. The number of methoxy groups -OCH3 is 1. The highest BCUT2D eigenvalue weighted by Gasteiger charge is 2.19. The zero-order chi connectivity index (χ0) is 22.8. The molecule has 0 saturated carbocycles. The highest BCUT2D eigenvalue weighted by molar-refractivity contribution is 7.91. The van der Waals surface area contributed by atoms with Crippen molar-refractivity contribution in [2.75, 3.05) is 13.4 Å². The summed E-state index contributed by atoms with van der Waals surface area (Å²) in [4.78, 5) is 11.8. The number of sulfone groups is 2. The van der Waals surface area contributed by atoms with E-state index in [1.54, 1.807) is 24.3 Å². The molecule has 0 aromatic heterocycles. The molecule has 9 heteroatoms. The van der Waals surface area contributed by atoms with E-state index >= 15 is 0 Å². The molecule has 7 nitrogen and oxygen atoms in total. The van der Waals surface area contributed by atoms with Gasteiger partial charge in [-0.1, -0.05) is 30.3 Å². The van der Waals surface area contributed by atoms with Crippen molar-refractivity contribution in [3.63, 3.8) is 0 Å². The van der Waals surface area contributed by atoms with Gasteiger partial charge in [0.15, 0.2) is 19.7 Å². The second-order valence-electron chi connectivity index (χ2n) is 6.93. The van der Waals surface area contributed by atoms with Crippen LogP contribution < -0.4 is 0 Å². The molecule has 0 aliphatic carbocycles. The number of phenols is 1. The van der Waals surface area contributed by atoms with Crippen LogP contribution in [0.25, 0.3) is 11.1 Å². The summed E-state index contributed by atoms with van der Waals surface area (Å²) in [7, 11) is -6.01. The van der Waals surface area contributed by atoms with Crippen LogP contribution in [0.1, 0.15) is 15.9 Å². The number of rotatable bonds is 6. The number of carbonyl (C=O) groups excluding carboxylic acids is 1. The van der Waals surface area contributed by atoms with Gasteiger partial charge < -0.3 is 9.84 Å². The fourth-order valence-electron chi connectivity index (χ4n) is 3.03. The Bertz CT molecular complexity index is 1360. The van der Waals surface area contributed by atoms with Crippen LogP contribution in [0.15, 0.2) is 76.5 Å². The molecule has 3 rings (SSSR count). The second kappa shape index (κ2) is 8.52. The van der Waals surface area contributed by atoms with Crippen molar-refractivity contribution in [2.24, 2.45) is 0 Å². The molecular formula is C22H20O7S2. The Morgan fingerprint density at radius 1 is 0.871 bits per heavy atom. The van der Waals surface area contributed by atoms with Crippen molar-refractivity contribution in [2.45, 2.75) is 15.5 Å². The molecule has 0 heterocycles. The Morgan fingerprint density at radius 2 is 1.45 bits per heavy atom. The maximum absolute atomic E-state index is 12.9. The number of hydrogen-bond donors (Lipinski definition) is 1. The van der Waals surface area contributed by atoms with E-state index < -0.39 is 31.4 Å². The van der Waals surface area contributed by atoms with E-state index in [4.69, 9.17) is 0 Å². The molecule has 0 radical (unpaired) electrons. The SMILES string of the molecule is COC(=O)c1ccc(CS(=O)(=O)c2cccc(-c3cccc(S(C)(=O)=O)c3)c2)cc1O. The summed E-state index contributed by atoms with van der Waals surface area (Å²) in [6.07, 6.45) is 1.11. The highest BCUT2D eigenvalue weighted by atomic mass is 32.2. The second-order valence-corrected chi connectivity index (χ2v) is 10.9. The minimum Gasteiger partial charge on any atom is -0.507 e. The zero-order valence-electron chi connectivity index (χ0n) is 16.8. The molecule has 3 aromatic rings. The summed E-state index contributed by atoms with van der Waals surface area (Å²) in [5.74, 6) is -1.49. The van der Waals surface area contributed by atoms with Gasteiger partial charge in [-0.25, -0.2) is 21.6 Å². The standard InChI is InChI=1S/C22H20O7S2/c1-29-22(24)20-10-9-15(11-21(20)23)14-31(27,28)19-8-4-6-17(13-19)16-5-3-7-18(12-16)30(2,25)26/h3-13,23H,14H2,1-2H3. The molecule has 0 saturated heterocycles. The minimum atomic E-state index is -3.78. The van der Waals surface area contributed by atoms with E-state index in [0.29, 0.717) is 16.7 Å². The van der Waals surface area contributed by atoms with Gasteiger partial charge in [-0.15, -0.1) is 0 Å². The third kappa shape index (κ3) is 5.12. The molecule has 31 heavy (non-hydrogen) atoms. The van der Waals surface area contributed by atoms with E-state index in [0.717, 1.165) is 6.26 Å². The molecule has 0 spiro atoms. The van der Waals surface area contributed by atoms with E-state index in [2.05, 4.69) is 4.74 Å². The van der Waals surface area contributed by atoms with Crippen LogP contribution in [-0.2, 0) is 30.2 Å². The van der Waals surface area contributed by atoms with Gasteiger partial charge in [-0.3, -0.25) is 0 Å². The van der Waals surface area contributed by atoms with Crippen LogP contribution in [0.4, 0.5) is 0 Å². The van der Waals surface area contributed by atoms with Crippen LogP contribution in [-0.4, -0.2) is 41.3 Å². The fourth-order valence-corrected chi connectivity index (χ4v) is 5.07. The number of hydrogen-bond acceptors (Lipinski definition) is 7. The quantitative estimate of drug-likeness (QED) is 0.562. The van der Waals surface area contributed by atoms with Gasteiger partial charge >= 0.3 is 5.97 Å². The monoisotopic (exact) mass is 460 g/mol. The third-order valence-corrected chi connectivity index (χ3v) is 7.41. The first kappa shape index (κ1) is 22.5. The van der Waals surface area contributed by atoms with E-state index in [1.165, 1.54) is 49.6 Å². The highest BCUT2D eigenvalue weighted by Crippen LogP contribution is 2.27. The lowest BCUT2D eigenvalue weighted by atomic mass is 10.1. The lowest BCUT2D eigenvalue weighted by Crippen LogP contribution is -2.06. The molecule has 0 atom stereocenters. The summed E-state index contributed by atoms with van der Waals surface area (Å²) in [6, 6.07) is 16.4. The number of aromatic hydroxyl groups is 1. The van der Waals surface area contributed by atoms with Gasteiger partial charge in [0.2, 0.25) is 0 Å². The van der Waals surface area contributed by atoms with Crippen LogP contribution >= 0.6 is 0 Å². The Hall–Kier alpha value is -3.17. The Kier molecular flexibility index (Phi) is 6.19. The van der Waals surface area contributed by atoms with Crippen molar-refractivity contribution < 1.29 is 31.5 Å². The number of ether oxygens (including phenoxy) is 1. The summed E-state index contributed by atoms with van der Waals surface area (Å²) in [5.41, 5.74) is 1.36. The summed E-state index contributed by atoms with van der Waals surface area (Å²) < 4.78 is 54.0. The first-order valence-corrected chi connectivity index (χ1v) is 12.6. The lowest BCUT2D eigenvalue weighted by Gasteiger charge is -2.10. The Labute approximate surface area is 180 Å². The largest absolute Gasteiger partial charge is 0.507 e. The normalized spacial score (nSPS) is 11.8. The van der Waals surface area contributed by atoms with Crippen molar-refractivity contribution in [1.29, 1.82) is 0 Å². The van der Waals surface area contributed by atoms with Gasteiger partial charge in [0.1, 0.15) is 11.3 Å². The van der Waals surface area contributed by atoms with Gasteiger partial charge in [-0.2, -0.15) is 0 Å². The summed E-state index contributed by atoms with van der Waals surface area (Å²) >= 11 is 0. The minimum absolute atomic E-state index is 0.0475. The predicted molar refractivity (Wildman–Crippen MR) is 115 cm³/mol. The average Bonchev–Trinajstić information content (AvgIpc) is 2.72. The predicted octanol–water partition coefficient (Wildman–Crippen LogP) is 3.22. The van der Waals surface area contributed by atoms with E-state index in [9.17, 15) is 26.7 Å². The van der Waals surface area contributed by atoms with Crippen LogP contribution in [0.3, 0.4) is 0 Å². The molecule has 0 aliphatic heterocycles. The average molecular weight is 461 g/mol. The van der Waals surface area contributed by atoms with Gasteiger partial charge in [0.25, 0.3) is 0 Å². The molecule has 0 fully saturated rings. The molecule has 162 valence electrons. The molecule has 0 bridgehead atoms. The van der Waals surface area contributed by atoms with Gasteiger partial charge in [0, 0.05) is 6.26 Å². The topological polar surface area (TPSA) is 115 Å². The van der Waals surface area contributed by atoms with Crippen LogP contribution in [0, 0.1) is 0 Å². The molecule has 3 aromatic carbocycles.